The summed E-state index contributed by atoms with van der Waals surface area (Å²) in [7, 11) is 0. The number of benzene rings is 1. The fraction of sp³-hybridized carbons (Fsp3) is 0.538. The first-order chi connectivity index (χ1) is 7.83. The third-order valence-electron chi connectivity index (χ3n) is 2.28. The molecule has 0 N–H and O–H groups in total. The Kier molecular flexibility index (Phi) is 6.54. The second-order valence-corrected chi connectivity index (χ2v) is 3.68. The van der Waals surface area contributed by atoms with Gasteiger partial charge in [0.05, 0.1) is 13.3 Å². The summed E-state index contributed by atoms with van der Waals surface area (Å²) in [6, 6.07) is 6.93. The highest BCUT2D eigenvalue weighted by Gasteiger charge is 1.96. The summed E-state index contributed by atoms with van der Waals surface area (Å²) in [4.78, 5) is 0. The molecule has 0 aliphatic rings. The summed E-state index contributed by atoms with van der Waals surface area (Å²) in [5.41, 5.74) is 0. The molecule has 1 aromatic rings. The predicted octanol–water partition coefficient (Wildman–Crippen LogP) is 3.92. The molecule has 0 spiro atoms. The van der Waals surface area contributed by atoms with E-state index >= 15 is 0 Å². The molecule has 0 aromatic heterocycles. The smallest absolute Gasteiger partial charge is 0.134 e. The minimum Gasteiger partial charge on any atom is -0.493 e. The van der Waals surface area contributed by atoms with Crippen LogP contribution in [0.1, 0.15) is 32.1 Å². The Bertz CT molecular complexity index is 289. The van der Waals surface area contributed by atoms with Crippen LogP contribution in [-0.2, 0) is 0 Å². The first kappa shape index (κ1) is 12.9. The van der Waals surface area contributed by atoms with E-state index in [4.69, 9.17) is 4.74 Å². The van der Waals surface area contributed by atoms with Crippen LogP contribution in [0.3, 0.4) is 0 Å². The zero-order valence-electron chi connectivity index (χ0n) is 9.35. The molecule has 1 rings (SSSR count). The second-order valence-electron chi connectivity index (χ2n) is 3.68. The number of rotatable bonds is 8. The van der Waals surface area contributed by atoms with Crippen LogP contribution in [0.5, 0.6) is 5.75 Å². The van der Waals surface area contributed by atoms with Crippen LogP contribution in [0.15, 0.2) is 18.2 Å². The van der Waals surface area contributed by atoms with Crippen molar-refractivity contribution in [2.24, 2.45) is 0 Å². The van der Waals surface area contributed by atoms with E-state index < -0.39 is 5.82 Å². The van der Waals surface area contributed by atoms with E-state index in [1.54, 1.807) is 6.07 Å². The molecule has 0 bridgehead atoms. The van der Waals surface area contributed by atoms with Crippen LogP contribution in [0.4, 0.5) is 8.78 Å². The number of halogens is 2. The molecule has 0 saturated carbocycles. The molecule has 1 aromatic carbocycles. The molecular formula is C13H17F2O. The van der Waals surface area contributed by atoms with E-state index in [2.05, 4.69) is 6.07 Å². The number of hydrogen-bond acceptors (Lipinski definition) is 1. The van der Waals surface area contributed by atoms with Crippen molar-refractivity contribution in [3.63, 3.8) is 0 Å². The molecule has 0 amide bonds. The molecule has 89 valence electrons. The molecule has 1 radical (unpaired) electrons. The fourth-order valence-electron chi connectivity index (χ4n) is 1.42. The van der Waals surface area contributed by atoms with Gasteiger partial charge in [0.2, 0.25) is 0 Å². The van der Waals surface area contributed by atoms with Gasteiger partial charge in [-0.1, -0.05) is 19.3 Å². The molecule has 16 heavy (non-hydrogen) atoms. The van der Waals surface area contributed by atoms with Crippen LogP contribution in [0.2, 0.25) is 0 Å². The van der Waals surface area contributed by atoms with E-state index in [9.17, 15) is 8.78 Å². The van der Waals surface area contributed by atoms with Gasteiger partial charge in [0.1, 0.15) is 11.6 Å². The maximum Gasteiger partial charge on any atom is 0.134 e. The lowest BCUT2D eigenvalue weighted by Crippen LogP contribution is -1.97. The van der Waals surface area contributed by atoms with Gasteiger partial charge in [-0.2, -0.15) is 0 Å². The van der Waals surface area contributed by atoms with Crippen molar-refractivity contribution >= 4 is 0 Å². The number of hydrogen-bond donors (Lipinski definition) is 0. The Labute approximate surface area is 95.4 Å². The highest BCUT2D eigenvalue weighted by atomic mass is 19.1. The van der Waals surface area contributed by atoms with Crippen molar-refractivity contribution in [1.82, 2.24) is 0 Å². The third-order valence-corrected chi connectivity index (χ3v) is 2.28. The molecule has 0 aliphatic carbocycles. The van der Waals surface area contributed by atoms with Crippen molar-refractivity contribution < 1.29 is 13.5 Å². The monoisotopic (exact) mass is 227 g/mol. The van der Waals surface area contributed by atoms with Crippen LogP contribution < -0.4 is 4.74 Å². The van der Waals surface area contributed by atoms with Gasteiger partial charge in [-0.05, 0) is 25.0 Å². The van der Waals surface area contributed by atoms with Gasteiger partial charge >= 0.3 is 0 Å². The van der Waals surface area contributed by atoms with Gasteiger partial charge in [0, 0.05) is 12.1 Å². The Balaban J connectivity index is 2.03. The topological polar surface area (TPSA) is 9.23 Å². The minimum absolute atomic E-state index is 0.226. The Morgan fingerprint density at radius 1 is 1.12 bits per heavy atom. The van der Waals surface area contributed by atoms with E-state index in [1.807, 2.05) is 0 Å². The average Bonchev–Trinajstić information content (AvgIpc) is 2.28. The highest BCUT2D eigenvalue weighted by Crippen LogP contribution is 2.12. The molecule has 0 saturated heterocycles. The van der Waals surface area contributed by atoms with Gasteiger partial charge in [0.15, 0.2) is 0 Å². The standard InChI is InChI=1S/C13H17F2O/c14-9-4-2-1-3-5-10-16-13-8-6-7-12(15)11-13/h6,8,11H,1-5,9-10H2. The normalized spacial score (nSPS) is 10.4. The van der Waals surface area contributed by atoms with Gasteiger partial charge in [-0.25, -0.2) is 4.39 Å². The number of unbranched alkanes of at least 4 members (excludes halogenated alkanes) is 4. The van der Waals surface area contributed by atoms with Crippen LogP contribution in [-0.4, -0.2) is 13.3 Å². The third kappa shape index (κ3) is 5.69. The lowest BCUT2D eigenvalue weighted by atomic mass is 10.2. The van der Waals surface area contributed by atoms with E-state index in [1.165, 1.54) is 12.1 Å². The number of alkyl halides is 1. The first-order valence-electron chi connectivity index (χ1n) is 5.69. The summed E-state index contributed by atoms with van der Waals surface area (Å²) in [6.07, 6.45) is 4.57. The summed E-state index contributed by atoms with van der Waals surface area (Å²) >= 11 is 0. The summed E-state index contributed by atoms with van der Waals surface area (Å²) in [5, 5.41) is 0. The van der Waals surface area contributed by atoms with E-state index in [0.29, 0.717) is 18.8 Å². The molecule has 0 heterocycles. The summed E-state index contributed by atoms with van der Waals surface area (Å²) < 4.78 is 29.8. The van der Waals surface area contributed by atoms with Gasteiger partial charge in [-0.15, -0.1) is 0 Å². The van der Waals surface area contributed by atoms with Gasteiger partial charge < -0.3 is 4.74 Å². The van der Waals surface area contributed by atoms with Crippen molar-refractivity contribution in [3.05, 3.63) is 30.1 Å². The molecular weight excluding hydrogens is 210 g/mol. The van der Waals surface area contributed by atoms with Crippen LogP contribution >= 0.6 is 0 Å². The highest BCUT2D eigenvalue weighted by molar-refractivity contribution is 5.21. The Morgan fingerprint density at radius 2 is 1.88 bits per heavy atom. The van der Waals surface area contributed by atoms with Crippen LogP contribution in [0.25, 0.3) is 0 Å². The maximum absolute atomic E-state index is 12.7. The Morgan fingerprint density at radius 3 is 2.62 bits per heavy atom. The zero-order chi connectivity index (χ0) is 11.6. The van der Waals surface area contributed by atoms with Gasteiger partial charge in [0.25, 0.3) is 0 Å². The average molecular weight is 227 g/mol. The van der Waals surface area contributed by atoms with Gasteiger partial charge in [-0.3, -0.25) is 4.39 Å². The molecule has 0 fully saturated rings. The first-order valence-corrected chi connectivity index (χ1v) is 5.69. The lowest BCUT2D eigenvalue weighted by molar-refractivity contribution is 0.302. The van der Waals surface area contributed by atoms with E-state index in [-0.39, 0.29) is 6.67 Å². The summed E-state index contributed by atoms with van der Waals surface area (Å²) in [5.74, 6) is 0.139. The Hall–Kier alpha value is -1.12. The molecule has 0 atom stereocenters. The lowest BCUT2D eigenvalue weighted by Gasteiger charge is -2.05. The molecule has 3 heteroatoms. The minimum atomic E-state index is -0.402. The zero-order valence-corrected chi connectivity index (χ0v) is 9.35. The fourth-order valence-corrected chi connectivity index (χ4v) is 1.42. The maximum atomic E-state index is 12.7. The van der Waals surface area contributed by atoms with Crippen molar-refractivity contribution in [2.75, 3.05) is 13.3 Å². The molecule has 0 unspecified atom stereocenters. The van der Waals surface area contributed by atoms with E-state index in [0.717, 1.165) is 25.7 Å². The predicted molar refractivity (Wildman–Crippen MR) is 59.8 cm³/mol. The molecule has 1 nitrogen and oxygen atoms in total. The largest absolute Gasteiger partial charge is 0.493 e. The summed E-state index contributed by atoms with van der Waals surface area (Å²) in [6.45, 7) is 0.357. The number of ether oxygens (including phenoxy) is 1. The second kappa shape index (κ2) is 8.08. The van der Waals surface area contributed by atoms with Crippen molar-refractivity contribution in [2.45, 2.75) is 32.1 Å². The molecule has 0 aliphatic heterocycles. The quantitative estimate of drug-likeness (QED) is 0.611. The van der Waals surface area contributed by atoms with Crippen molar-refractivity contribution in [1.29, 1.82) is 0 Å². The van der Waals surface area contributed by atoms with Crippen molar-refractivity contribution in [3.8, 4) is 5.75 Å². The SMILES string of the molecule is FCCCCCCCOc1cc[c]c(F)c1. The van der Waals surface area contributed by atoms with Crippen LogP contribution in [0, 0.1) is 11.9 Å².